The summed E-state index contributed by atoms with van der Waals surface area (Å²) >= 11 is 0. The van der Waals surface area contributed by atoms with E-state index >= 15 is 0 Å². The van der Waals surface area contributed by atoms with Crippen LogP contribution in [-0.2, 0) is 9.47 Å². The second-order valence-electron chi connectivity index (χ2n) is 4.32. The maximum Gasteiger partial charge on any atom is 0.269 e. The molecule has 1 saturated heterocycles. The normalized spacial score (nSPS) is 28.0. The highest BCUT2D eigenvalue weighted by atomic mass is 16.7. The molecule has 7 heteroatoms. The van der Waals surface area contributed by atoms with Gasteiger partial charge in [-0.3, -0.25) is 10.1 Å². The predicted molar refractivity (Wildman–Crippen MR) is 61.7 cm³/mol. The number of hydrogen-bond acceptors (Lipinski definition) is 6. The zero-order chi connectivity index (χ0) is 13.2. The van der Waals surface area contributed by atoms with Gasteiger partial charge in [0, 0.05) is 17.7 Å². The molecule has 1 fully saturated rings. The van der Waals surface area contributed by atoms with Crippen LogP contribution in [0.2, 0.25) is 0 Å². The zero-order valence-electron chi connectivity index (χ0n) is 9.61. The molecule has 3 N–H and O–H groups in total. The quantitative estimate of drug-likeness (QED) is 0.594. The highest BCUT2D eigenvalue weighted by molar-refractivity contribution is 5.33. The lowest BCUT2D eigenvalue weighted by molar-refractivity contribution is -0.384. The first-order valence-corrected chi connectivity index (χ1v) is 5.41. The fourth-order valence-corrected chi connectivity index (χ4v) is 1.61. The number of nitrogens with zero attached hydrogens (tertiary/aromatic N) is 1. The summed E-state index contributed by atoms with van der Waals surface area (Å²) in [5.41, 5.74) is 5.59. The molecule has 98 valence electrons. The van der Waals surface area contributed by atoms with Crippen LogP contribution in [0, 0.1) is 10.1 Å². The van der Waals surface area contributed by atoms with Gasteiger partial charge in [-0.2, -0.15) is 0 Å². The van der Waals surface area contributed by atoms with E-state index < -0.39 is 16.8 Å². The Balaban J connectivity index is 2.03. The zero-order valence-corrected chi connectivity index (χ0v) is 9.61. The van der Waals surface area contributed by atoms with Crippen molar-refractivity contribution in [3.63, 3.8) is 0 Å². The molecule has 0 amide bonds. The number of hydrogen-bond donors (Lipinski definition) is 2. The van der Waals surface area contributed by atoms with Gasteiger partial charge < -0.3 is 20.3 Å². The van der Waals surface area contributed by atoms with Crippen molar-refractivity contribution in [2.75, 3.05) is 19.8 Å². The van der Waals surface area contributed by atoms with E-state index in [1.807, 2.05) is 0 Å². The Labute approximate surface area is 103 Å². The maximum absolute atomic E-state index is 10.5. The van der Waals surface area contributed by atoms with Crippen LogP contribution in [0.4, 0.5) is 5.69 Å². The molecule has 18 heavy (non-hydrogen) atoms. The fraction of sp³-hybridized carbons (Fsp3) is 0.455. The molecule has 1 aromatic carbocycles. The van der Waals surface area contributed by atoms with Crippen molar-refractivity contribution in [2.45, 2.75) is 11.8 Å². The van der Waals surface area contributed by atoms with Crippen molar-refractivity contribution in [3.8, 4) is 0 Å². The average Bonchev–Trinajstić information content (AvgIpc) is 2.40. The molecule has 0 spiro atoms. The Kier molecular flexibility index (Phi) is 3.58. The molecule has 0 atom stereocenters. The summed E-state index contributed by atoms with van der Waals surface area (Å²) in [4.78, 5) is 10.0. The largest absolute Gasteiger partial charge is 0.394 e. The molecule has 0 unspecified atom stereocenters. The number of non-ortho nitro benzene ring substituents is 1. The maximum atomic E-state index is 10.5. The van der Waals surface area contributed by atoms with Gasteiger partial charge in [0.05, 0.1) is 30.3 Å². The van der Waals surface area contributed by atoms with Gasteiger partial charge in [-0.05, 0) is 12.1 Å². The van der Waals surface area contributed by atoms with E-state index in [-0.39, 0.29) is 25.5 Å². The lowest BCUT2D eigenvalue weighted by Gasteiger charge is -2.35. The molecule has 0 aromatic heterocycles. The molecule has 0 saturated carbocycles. The van der Waals surface area contributed by atoms with Crippen LogP contribution in [0.1, 0.15) is 11.9 Å². The number of ether oxygens (including phenoxy) is 2. The first kappa shape index (κ1) is 12.9. The van der Waals surface area contributed by atoms with Gasteiger partial charge in [-0.15, -0.1) is 0 Å². The number of nitrogens with two attached hydrogens (primary N) is 1. The van der Waals surface area contributed by atoms with Crippen LogP contribution in [0.15, 0.2) is 24.3 Å². The summed E-state index contributed by atoms with van der Waals surface area (Å²) in [7, 11) is 0. The van der Waals surface area contributed by atoms with Crippen LogP contribution < -0.4 is 5.73 Å². The van der Waals surface area contributed by atoms with Gasteiger partial charge in [0.15, 0.2) is 6.29 Å². The SMILES string of the molecule is NC1(CO)COC(c2ccc([N+](=O)[O-])cc2)OC1. The van der Waals surface area contributed by atoms with E-state index in [9.17, 15) is 10.1 Å². The Morgan fingerprint density at radius 2 is 1.94 bits per heavy atom. The number of nitro groups is 1. The predicted octanol–water partition coefficient (Wildman–Crippen LogP) is 0.330. The second kappa shape index (κ2) is 4.99. The highest BCUT2D eigenvalue weighted by Crippen LogP contribution is 2.27. The first-order chi connectivity index (χ1) is 8.54. The summed E-state index contributed by atoms with van der Waals surface area (Å²) in [5, 5.41) is 19.6. The van der Waals surface area contributed by atoms with Gasteiger partial charge in [0.2, 0.25) is 0 Å². The molecule has 1 aliphatic heterocycles. The van der Waals surface area contributed by atoms with Crippen molar-refractivity contribution in [1.29, 1.82) is 0 Å². The topological polar surface area (TPSA) is 108 Å². The number of aliphatic hydroxyl groups excluding tert-OH is 1. The van der Waals surface area contributed by atoms with Crippen LogP contribution in [0.5, 0.6) is 0 Å². The molecule has 1 aromatic rings. The van der Waals surface area contributed by atoms with Gasteiger partial charge in [0.1, 0.15) is 0 Å². The summed E-state index contributed by atoms with van der Waals surface area (Å²) in [6, 6.07) is 5.92. The van der Waals surface area contributed by atoms with Crippen molar-refractivity contribution in [1.82, 2.24) is 0 Å². The minimum atomic E-state index is -0.878. The number of aliphatic hydroxyl groups is 1. The molecule has 1 aliphatic rings. The van der Waals surface area contributed by atoms with E-state index in [0.717, 1.165) is 0 Å². The molecular weight excluding hydrogens is 240 g/mol. The standard InChI is InChI=1S/C11H14N2O5/c12-11(5-14)6-17-10(18-7-11)8-1-3-9(4-2-8)13(15)16/h1-4,10,14H,5-7,12H2. The molecule has 1 heterocycles. The Hall–Kier alpha value is -1.54. The van der Waals surface area contributed by atoms with E-state index in [1.54, 1.807) is 12.1 Å². The third-order valence-corrected chi connectivity index (χ3v) is 2.74. The van der Waals surface area contributed by atoms with Gasteiger partial charge in [-0.25, -0.2) is 0 Å². The third kappa shape index (κ3) is 2.65. The van der Waals surface area contributed by atoms with Crippen LogP contribution in [-0.4, -0.2) is 35.4 Å². The summed E-state index contributed by atoms with van der Waals surface area (Å²) in [5.74, 6) is 0. The van der Waals surface area contributed by atoms with Crippen LogP contribution in [0.3, 0.4) is 0 Å². The van der Waals surface area contributed by atoms with Crippen LogP contribution in [0.25, 0.3) is 0 Å². The van der Waals surface area contributed by atoms with E-state index in [2.05, 4.69) is 0 Å². The summed E-state index contributed by atoms with van der Waals surface area (Å²) in [6.07, 6.45) is -0.603. The fourth-order valence-electron chi connectivity index (χ4n) is 1.61. The monoisotopic (exact) mass is 254 g/mol. The van der Waals surface area contributed by atoms with Crippen LogP contribution >= 0.6 is 0 Å². The van der Waals surface area contributed by atoms with Crippen molar-refractivity contribution >= 4 is 5.69 Å². The Morgan fingerprint density at radius 1 is 1.39 bits per heavy atom. The van der Waals surface area contributed by atoms with Gasteiger partial charge >= 0.3 is 0 Å². The van der Waals surface area contributed by atoms with E-state index in [4.69, 9.17) is 20.3 Å². The lowest BCUT2D eigenvalue weighted by Crippen LogP contribution is -2.55. The van der Waals surface area contributed by atoms with Crippen molar-refractivity contribution < 1.29 is 19.5 Å². The molecule has 0 radical (unpaired) electrons. The number of nitro benzene ring substituents is 1. The average molecular weight is 254 g/mol. The number of rotatable bonds is 3. The van der Waals surface area contributed by atoms with Crippen molar-refractivity contribution in [3.05, 3.63) is 39.9 Å². The first-order valence-electron chi connectivity index (χ1n) is 5.41. The summed E-state index contributed by atoms with van der Waals surface area (Å²) in [6.45, 7) is 0.121. The van der Waals surface area contributed by atoms with E-state index in [1.165, 1.54) is 12.1 Å². The molecule has 7 nitrogen and oxygen atoms in total. The molecular formula is C11H14N2O5. The summed E-state index contributed by atoms with van der Waals surface area (Å²) < 4.78 is 10.8. The minimum Gasteiger partial charge on any atom is -0.394 e. The smallest absolute Gasteiger partial charge is 0.269 e. The van der Waals surface area contributed by atoms with Crippen molar-refractivity contribution in [2.24, 2.45) is 5.73 Å². The Bertz CT molecular complexity index is 426. The van der Waals surface area contributed by atoms with E-state index in [0.29, 0.717) is 5.56 Å². The van der Waals surface area contributed by atoms with Gasteiger partial charge in [-0.1, -0.05) is 0 Å². The Morgan fingerprint density at radius 3 is 2.39 bits per heavy atom. The lowest BCUT2D eigenvalue weighted by atomic mass is 10.0. The minimum absolute atomic E-state index is 0.0121. The number of benzene rings is 1. The molecule has 2 rings (SSSR count). The molecule has 0 bridgehead atoms. The molecule has 0 aliphatic carbocycles. The second-order valence-corrected chi connectivity index (χ2v) is 4.32. The third-order valence-electron chi connectivity index (χ3n) is 2.74. The van der Waals surface area contributed by atoms with Gasteiger partial charge in [0.25, 0.3) is 5.69 Å². The highest BCUT2D eigenvalue weighted by Gasteiger charge is 2.33.